The third kappa shape index (κ3) is 3.47. The zero-order chi connectivity index (χ0) is 16.2. The molecule has 23 heavy (non-hydrogen) atoms. The molecule has 2 aromatic heterocycles. The van der Waals surface area contributed by atoms with Gasteiger partial charge in [-0.05, 0) is 41.8 Å². The van der Waals surface area contributed by atoms with Crippen LogP contribution >= 0.6 is 34.5 Å². The summed E-state index contributed by atoms with van der Waals surface area (Å²) in [6, 6.07) is 10.9. The quantitative estimate of drug-likeness (QED) is 0.369. The van der Waals surface area contributed by atoms with Gasteiger partial charge in [-0.2, -0.15) is 0 Å². The number of hydrogen-bond acceptors (Lipinski definition) is 5. The molecule has 0 aliphatic heterocycles. The fraction of sp³-hybridized carbons (Fsp3) is 0. The lowest BCUT2D eigenvalue weighted by molar-refractivity contribution is 0.320. The molecule has 0 saturated heterocycles. The second-order valence-corrected chi connectivity index (χ2v) is 6.34. The molecule has 0 aliphatic rings. The van der Waals surface area contributed by atoms with Crippen molar-refractivity contribution in [2.75, 3.05) is 5.32 Å². The van der Waals surface area contributed by atoms with Crippen LogP contribution in [0, 0.1) is 0 Å². The Labute approximate surface area is 147 Å². The van der Waals surface area contributed by atoms with Crippen molar-refractivity contribution in [3.05, 3.63) is 74.7 Å². The van der Waals surface area contributed by atoms with Crippen molar-refractivity contribution in [1.29, 1.82) is 0 Å². The number of oxime groups is 1. The monoisotopic (exact) mass is 363 g/mol. The van der Waals surface area contributed by atoms with Crippen LogP contribution in [0.2, 0.25) is 10.0 Å². The van der Waals surface area contributed by atoms with Gasteiger partial charge < -0.3 is 10.5 Å². The minimum atomic E-state index is 0.350. The van der Waals surface area contributed by atoms with Crippen LogP contribution in [0.15, 0.2) is 59.3 Å². The highest BCUT2D eigenvalue weighted by molar-refractivity contribution is 7.13. The van der Waals surface area contributed by atoms with E-state index in [4.69, 9.17) is 23.2 Å². The summed E-state index contributed by atoms with van der Waals surface area (Å²) in [4.78, 5) is 4.72. The van der Waals surface area contributed by atoms with E-state index in [-0.39, 0.29) is 0 Å². The van der Waals surface area contributed by atoms with Crippen LogP contribution < -0.4 is 5.32 Å². The number of pyridine rings is 1. The second-order valence-electron chi connectivity index (χ2n) is 4.61. The Balaban J connectivity index is 1.92. The molecule has 0 amide bonds. The molecular formula is C16H11Cl2N3OS. The highest BCUT2D eigenvalue weighted by Gasteiger charge is 2.16. The Bertz CT molecular complexity index is 850. The van der Waals surface area contributed by atoms with Crippen LogP contribution in [0.5, 0.6) is 0 Å². The average Bonchev–Trinajstić information content (AvgIpc) is 2.97. The largest absolute Gasteiger partial charge is 0.410 e. The van der Waals surface area contributed by atoms with E-state index in [1.807, 2.05) is 23.6 Å². The average molecular weight is 364 g/mol. The maximum Gasteiger partial charge on any atom is 0.130 e. The summed E-state index contributed by atoms with van der Waals surface area (Å²) in [7, 11) is 0. The Morgan fingerprint density at radius 3 is 2.61 bits per heavy atom. The van der Waals surface area contributed by atoms with Crippen molar-refractivity contribution in [2.45, 2.75) is 0 Å². The molecule has 3 aromatic rings. The molecule has 1 aromatic carbocycles. The number of anilines is 2. The Kier molecular flexibility index (Phi) is 4.81. The molecule has 0 aliphatic carbocycles. The number of nitrogens with zero attached hydrogens (tertiary/aromatic N) is 2. The zero-order valence-electron chi connectivity index (χ0n) is 11.7. The third-order valence-corrected chi connectivity index (χ3v) is 4.77. The standard InChI is InChI=1S/C16H11Cl2N3OS/c17-13-5-7-23-16(13)15(21-22)12-4-3-10(8-14(12)18)20-11-2-1-6-19-9-11/h1-9,20,22H/b21-15-. The number of nitrogens with one attached hydrogen (secondary N) is 1. The van der Waals surface area contributed by atoms with Gasteiger partial charge in [0.15, 0.2) is 0 Å². The fourth-order valence-corrected chi connectivity index (χ4v) is 3.49. The van der Waals surface area contributed by atoms with E-state index in [0.29, 0.717) is 26.2 Å². The molecule has 0 radical (unpaired) electrons. The normalized spacial score (nSPS) is 11.5. The predicted molar refractivity (Wildman–Crippen MR) is 95.7 cm³/mol. The molecule has 116 valence electrons. The number of aromatic nitrogens is 1. The van der Waals surface area contributed by atoms with E-state index in [9.17, 15) is 5.21 Å². The van der Waals surface area contributed by atoms with Crippen molar-refractivity contribution >= 4 is 51.6 Å². The van der Waals surface area contributed by atoms with Gasteiger partial charge >= 0.3 is 0 Å². The van der Waals surface area contributed by atoms with Crippen LogP contribution in [0.3, 0.4) is 0 Å². The van der Waals surface area contributed by atoms with E-state index >= 15 is 0 Å². The lowest BCUT2D eigenvalue weighted by Crippen LogP contribution is -2.03. The topological polar surface area (TPSA) is 57.5 Å². The number of thiophene rings is 1. The van der Waals surface area contributed by atoms with Crippen molar-refractivity contribution in [3.8, 4) is 0 Å². The summed E-state index contributed by atoms with van der Waals surface area (Å²) in [5, 5.41) is 18.7. The van der Waals surface area contributed by atoms with E-state index in [1.165, 1.54) is 11.3 Å². The molecule has 0 fully saturated rings. The first-order valence-electron chi connectivity index (χ1n) is 6.61. The Hall–Kier alpha value is -2.08. The van der Waals surface area contributed by atoms with Gasteiger partial charge in [-0.3, -0.25) is 4.98 Å². The van der Waals surface area contributed by atoms with Gasteiger partial charge in [-0.1, -0.05) is 28.4 Å². The summed E-state index contributed by atoms with van der Waals surface area (Å²) < 4.78 is 0. The van der Waals surface area contributed by atoms with E-state index < -0.39 is 0 Å². The highest BCUT2D eigenvalue weighted by atomic mass is 35.5. The maximum absolute atomic E-state index is 9.36. The van der Waals surface area contributed by atoms with Gasteiger partial charge in [-0.25, -0.2) is 0 Å². The van der Waals surface area contributed by atoms with Crippen molar-refractivity contribution < 1.29 is 5.21 Å². The summed E-state index contributed by atoms with van der Waals surface area (Å²) in [6.07, 6.45) is 3.42. The predicted octanol–water partition coefficient (Wildman–Crippen LogP) is 5.42. The first kappa shape index (κ1) is 15.8. The third-order valence-electron chi connectivity index (χ3n) is 3.11. The van der Waals surface area contributed by atoms with Crippen molar-refractivity contribution in [3.63, 3.8) is 0 Å². The van der Waals surface area contributed by atoms with Crippen LogP contribution in [-0.2, 0) is 0 Å². The van der Waals surface area contributed by atoms with Crippen LogP contribution in [0.25, 0.3) is 0 Å². The minimum absolute atomic E-state index is 0.350. The lowest BCUT2D eigenvalue weighted by Gasteiger charge is -2.10. The summed E-state index contributed by atoms with van der Waals surface area (Å²) >= 11 is 13.8. The van der Waals surface area contributed by atoms with Gasteiger partial charge in [-0.15, -0.1) is 11.3 Å². The molecule has 0 spiro atoms. The van der Waals surface area contributed by atoms with E-state index in [0.717, 1.165) is 11.4 Å². The lowest BCUT2D eigenvalue weighted by atomic mass is 10.1. The molecule has 0 atom stereocenters. The number of benzene rings is 1. The number of halogens is 2. The molecule has 2 heterocycles. The smallest absolute Gasteiger partial charge is 0.130 e. The van der Waals surface area contributed by atoms with Gasteiger partial charge in [0.05, 0.1) is 26.8 Å². The molecular weight excluding hydrogens is 353 g/mol. The summed E-state index contributed by atoms with van der Waals surface area (Å²) in [5.41, 5.74) is 2.62. The Morgan fingerprint density at radius 1 is 1.13 bits per heavy atom. The zero-order valence-corrected chi connectivity index (χ0v) is 14.0. The molecule has 0 unspecified atom stereocenters. The second kappa shape index (κ2) is 7.00. The molecule has 7 heteroatoms. The molecule has 3 rings (SSSR count). The maximum atomic E-state index is 9.36. The van der Waals surface area contributed by atoms with Crippen LogP contribution in [0.4, 0.5) is 11.4 Å². The van der Waals surface area contributed by atoms with E-state index in [1.54, 1.807) is 30.6 Å². The van der Waals surface area contributed by atoms with Gasteiger partial charge in [0.1, 0.15) is 5.71 Å². The van der Waals surface area contributed by atoms with Gasteiger partial charge in [0.2, 0.25) is 0 Å². The van der Waals surface area contributed by atoms with E-state index in [2.05, 4.69) is 15.5 Å². The first-order chi connectivity index (χ1) is 11.2. The SMILES string of the molecule is O/N=C(/c1ccc(Nc2cccnc2)cc1Cl)c1sccc1Cl. The molecule has 4 nitrogen and oxygen atoms in total. The van der Waals surface area contributed by atoms with Crippen LogP contribution in [0.1, 0.15) is 10.4 Å². The number of hydrogen-bond donors (Lipinski definition) is 2. The van der Waals surface area contributed by atoms with Gasteiger partial charge in [0, 0.05) is 17.4 Å². The van der Waals surface area contributed by atoms with Gasteiger partial charge in [0.25, 0.3) is 0 Å². The minimum Gasteiger partial charge on any atom is -0.410 e. The summed E-state index contributed by atoms with van der Waals surface area (Å²) in [6.45, 7) is 0. The van der Waals surface area contributed by atoms with Crippen molar-refractivity contribution in [1.82, 2.24) is 4.98 Å². The molecule has 0 saturated carbocycles. The highest BCUT2D eigenvalue weighted by Crippen LogP contribution is 2.30. The number of rotatable bonds is 4. The first-order valence-corrected chi connectivity index (χ1v) is 8.25. The van der Waals surface area contributed by atoms with Crippen LogP contribution in [-0.4, -0.2) is 15.9 Å². The molecule has 2 N–H and O–H groups in total. The van der Waals surface area contributed by atoms with Crippen molar-refractivity contribution in [2.24, 2.45) is 5.16 Å². The Morgan fingerprint density at radius 2 is 2.00 bits per heavy atom. The molecule has 0 bridgehead atoms. The summed E-state index contributed by atoms with van der Waals surface area (Å²) in [5.74, 6) is 0. The fourth-order valence-electron chi connectivity index (χ4n) is 2.07.